The van der Waals surface area contributed by atoms with Gasteiger partial charge in [-0.05, 0) is 31.9 Å². The summed E-state index contributed by atoms with van der Waals surface area (Å²) < 4.78 is 14.1. The fraction of sp³-hybridized carbons (Fsp3) is 0.474. The van der Waals surface area contributed by atoms with E-state index in [0.717, 1.165) is 44.4 Å². The standard InChI is InChI=1S/C19H24FN5/c1-15-13-24(10-11-25(15)17-7-3-2-6-16(17)20)19-12-18(21-14-22-19)23-8-4-5-9-23/h2-3,6-7,12,14-15H,4-5,8-11,13H2,1H3. The van der Waals surface area contributed by atoms with Crippen LogP contribution in [0.2, 0.25) is 0 Å². The van der Waals surface area contributed by atoms with Gasteiger partial charge in [-0.2, -0.15) is 0 Å². The summed E-state index contributed by atoms with van der Waals surface area (Å²) in [5.41, 5.74) is 0.690. The molecule has 132 valence electrons. The van der Waals surface area contributed by atoms with Crippen LogP contribution in [0.3, 0.4) is 0 Å². The molecule has 2 saturated heterocycles. The van der Waals surface area contributed by atoms with Crippen LogP contribution in [-0.4, -0.2) is 48.7 Å². The maximum absolute atomic E-state index is 14.1. The zero-order valence-electron chi connectivity index (χ0n) is 14.6. The molecule has 0 spiro atoms. The van der Waals surface area contributed by atoms with Gasteiger partial charge in [-0.15, -0.1) is 0 Å². The Morgan fingerprint density at radius 2 is 1.68 bits per heavy atom. The predicted octanol–water partition coefficient (Wildman–Crippen LogP) is 2.93. The van der Waals surface area contributed by atoms with E-state index in [1.165, 1.54) is 18.9 Å². The molecule has 1 atom stereocenters. The molecule has 2 aliphatic rings. The van der Waals surface area contributed by atoms with Gasteiger partial charge in [0.25, 0.3) is 0 Å². The summed E-state index contributed by atoms with van der Waals surface area (Å²) in [6.45, 7) is 6.73. The number of rotatable bonds is 3. The fourth-order valence-corrected chi connectivity index (χ4v) is 3.84. The summed E-state index contributed by atoms with van der Waals surface area (Å²) in [7, 11) is 0. The molecule has 2 fully saturated rings. The van der Waals surface area contributed by atoms with E-state index >= 15 is 0 Å². The van der Waals surface area contributed by atoms with Crippen molar-refractivity contribution in [1.82, 2.24) is 9.97 Å². The first-order valence-corrected chi connectivity index (χ1v) is 9.05. The first-order chi connectivity index (χ1) is 12.2. The molecule has 4 rings (SSSR count). The molecule has 0 N–H and O–H groups in total. The van der Waals surface area contributed by atoms with E-state index in [1.807, 2.05) is 12.1 Å². The molecule has 2 aliphatic heterocycles. The molecule has 3 heterocycles. The highest BCUT2D eigenvalue weighted by Gasteiger charge is 2.26. The molecule has 5 nitrogen and oxygen atoms in total. The minimum absolute atomic E-state index is 0.152. The normalized spacial score (nSPS) is 21.0. The molecule has 25 heavy (non-hydrogen) atoms. The molecule has 0 aliphatic carbocycles. The molecular formula is C19H24FN5. The van der Waals surface area contributed by atoms with Crippen LogP contribution in [0.5, 0.6) is 0 Å². The molecule has 1 unspecified atom stereocenters. The number of hydrogen-bond donors (Lipinski definition) is 0. The van der Waals surface area contributed by atoms with E-state index in [2.05, 4.69) is 37.7 Å². The first kappa shape index (κ1) is 16.1. The summed E-state index contributed by atoms with van der Waals surface area (Å²) in [6, 6.07) is 9.33. The van der Waals surface area contributed by atoms with Gasteiger partial charge in [0.2, 0.25) is 0 Å². The summed E-state index contributed by atoms with van der Waals surface area (Å²) in [5.74, 6) is 1.84. The average molecular weight is 341 g/mol. The second-order valence-electron chi connectivity index (χ2n) is 6.87. The summed E-state index contributed by atoms with van der Waals surface area (Å²) >= 11 is 0. The number of hydrogen-bond acceptors (Lipinski definition) is 5. The lowest BCUT2D eigenvalue weighted by Crippen LogP contribution is -2.52. The lowest BCUT2D eigenvalue weighted by Gasteiger charge is -2.42. The monoisotopic (exact) mass is 341 g/mol. The number of nitrogens with zero attached hydrogens (tertiary/aromatic N) is 5. The SMILES string of the molecule is CC1CN(c2cc(N3CCCC3)ncn2)CCN1c1ccccc1F. The summed E-state index contributed by atoms with van der Waals surface area (Å²) in [6.07, 6.45) is 4.13. The van der Waals surface area contributed by atoms with Crippen molar-refractivity contribution in [2.24, 2.45) is 0 Å². The van der Waals surface area contributed by atoms with Gasteiger partial charge >= 0.3 is 0 Å². The Hall–Kier alpha value is -2.37. The number of aromatic nitrogens is 2. The van der Waals surface area contributed by atoms with Gasteiger partial charge in [0.15, 0.2) is 0 Å². The van der Waals surface area contributed by atoms with Crippen LogP contribution in [0.25, 0.3) is 0 Å². The maximum atomic E-state index is 14.1. The second-order valence-corrected chi connectivity index (χ2v) is 6.87. The van der Waals surface area contributed by atoms with Crippen LogP contribution in [0.1, 0.15) is 19.8 Å². The predicted molar refractivity (Wildman–Crippen MR) is 98.9 cm³/mol. The van der Waals surface area contributed by atoms with Crippen LogP contribution in [0.4, 0.5) is 21.7 Å². The van der Waals surface area contributed by atoms with Crippen molar-refractivity contribution in [2.75, 3.05) is 47.4 Å². The molecular weight excluding hydrogens is 317 g/mol. The van der Waals surface area contributed by atoms with Crippen molar-refractivity contribution in [1.29, 1.82) is 0 Å². The van der Waals surface area contributed by atoms with Gasteiger partial charge in [0.1, 0.15) is 23.8 Å². The molecule has 1 aromatic carbocycles. The van der Waals surface area contributed by atoms with Crippen LogP contribution >= 0.6 is 0 Å². The highest BCUT2D eigenvalue weighted by atomic mass is 19.1. The van der Waals surface area contributed by atoms with Crippen LogP contribution in [0.15, 0.2) is 36.7 Å². The van der Waals surface area contributed by atoms with E-state index in [1.54, 1.807) is 12.4 Å². The quantitative estimate of drug-likeness (QED) is 0.858. The van der Waals surface area contributed by atoms with Gasteiger partial charge < -0.3 is 14.7 Å². The van der Waals surface area contributed by atoms with Gasteiger partial charge in [0, 0.05) is 44.8 Å². The van der Waals surface area contributed by atoms with Crippen molar-refractivity contribution < 1.29 is 4.39 Å². The zero-order valence-corrected chi connectivity index (χ0v) is 14.6. The zero-order chi connectivity index (χ0) is 17.2. The van der Waals surface area contributed by atoms with Crippen molar-refractivity contribution in [3.8, 4) is 0 Å². The second kappa shape index (κ2) is 6.86. The molecule has 0 amide bonds. The lowest BCUT2D eigenvalue weighted by molar-refractivity contribution is 0.530. The Labute approximate surface area is 148 Å². The third kappa shape index (κ3) is 3.25. The smallest absolute Gasteiger partial charge is 0.146 e. The Morgan fingerprint density at radius 3 is 2.40 bits per heavy atom. The molecule has 1 aromatic heterocycles. The number of piperazine rings is 1. The molecule has 0 radical (unpaired) electrons. The number of para-hydroxylation sites is 1. The number of anilines is 3. The van der Waals surface area contributed by atoms with Crippen molar-refractivity contribution in [3.63, 3.8) is 0 Å². The van der Waals surface area contributed by atoms with Crippen molar-refractivity contribution in [2.45, 2.75) is 25.8 Å². The van der Waals surface area contributed by atoms with Crippen LogP contribution < -0.4 is 14.7 Å². The fourth-order valence-electron chi connectivity index (χ4n) is 3.84. The summed E-state index contributed by atoms with van der Waals surface area (Å²) in [5, 5.41) is 0. The highest BCUT2D eigenvalue weighted by Crippen LogP contribution is 2.27. The Morgan fingerprint density at radius 1 is 0.960 bits per heavy atom. The molecule has 2 aromatic rings. The molecule has 0 saturated carbocycles. The number of benzene rings is 1. The Kier molecular flexibility index (Phi) is 4.42. The molecule has 6 heteroatoms. The van der Waals surface area contributed by atoms with Gasteiger partial charge in [-0.3, -0.25) is 0 Å². The van der Waals surface area contributed by atoms with Crippen molar-refractivity contribution in [3.05, 3.63) is 42.5 Å². The largest absolute Gasteiger partial charge is 0.363 e. The molecule has 0 bridgehead atoms. The lowest BCUT2D eigenvalue weighted by atomic mass is 10.1. The first-order valence-electron chi connectivity index (χ1n) is 9.05. The van der Waals surface area contributed by atoms with E-state index in [-0.39, 0.29) is 11.9 Å². The Balaban J connectivity index is 1.49. The minimum Gasteiger partial charge on any atom is -0.363 e. The van der Waals surface area contributed by atoms with E-state index in [4.69, 9.17) is 0 Å². The summed E-state index contributed by atoms with van der Waals surface area (Å²) in [4.78, 5) is 15.7. The van der Waals surface area contributed by atoms with Gasteiger partial charge in [-0.1, -0.05) is 12.1 Å². The van der Waals surface area contributed by atoms with Crippen LogP contribution in [-0.2, 0) is 0 Å². The minimum atomic E-state index is -0.152. The van der Waals surface area contributed by atoms with E-state index in [9.17, 15) is 4.39 Å². The van der Waals surface area contributed by atoms with Gasteiger partial charge in [-0.25, -0.2) is 14.4 Å². The van der Waals surface area contributed by atoms with Crippen LogP contribution in [0, 0.1) is 5.82 Å². The third-order valence-corrected chi connectivity index (χ3v) is 5.18. The number of halogens is 1. The third-order valence-electron chi connectivity index (χ3n) is 5.18. The average Bonchev–Trinajstić information content (AvgIpc) is 3.17. The van der Waals surface area contributed by atoms with Crippen molar-refractivity contribution >= 4 is 17.3 Å². The topological polar surface area (TPSA) is 35.5 Å². The maximum Gasteiger partial charge on any atom is 0.146 e. The van der Waals surface area contributed by atoms with E-state index < -0.39 is 0 Å². The highest BCUT2D eigenvalue weighted by molar-refractivity contribution is 5.54. The van der Waals surface area contributed by atoms with E-state index in [0.29, 0.717) is 5.69 Å². The Bertz CT molecular complexity index is 731. The van der Waals surface area contributed by atoms with Gasteiger partial charge in [0.05, 0.1) is 5.69 Å².